The molecule has 2 saturated heterocycles. The fourth-order valence-electron chi connectivity index (χ4n) is 4.93. The number of hydrogen-bond acceptors (Lipinski definition) is 7. The Bertz CT molecular complexity index is 1400. The molecule has 0 spiro atoms. The number of aliphatic hydroxyl groups is 1. The third-order valence-corrected chi connectivity index (χ3v) is 11.5. The molecule has 208 valence electrons. The number of amides is 1. The zero-order valence-corrected chi connectivity index (χ0v) is 24.0. The first-order valence-corrected chi connectivity index (χ1v) is 16.4. The third-order valence-electron chi connectivity index (χ3n) is 7.03. The summed E-state index contributed by atoms with van der Waals surface area (Å²) in [5.41, 5.74) is 1.68. The average molecular weight is 605 g/mol. The predicted octanol–water partition coefficient (Wildman–Crippen LogP) is 2.73. The number of nitrogens with one attached hydrogen (secondary N) is 1. The van der Waals surface area contributed by atoms with Gasteiger partial charge in [-0.15, -0.1) is 0 Å². The molecule has 38 heavy (non-hydrogen) atoms. The molecule has 2 aliphatic rings. The van der Waals surface area contributed by atoms with E-state index < -0.39 is 42.7 Å². The minimum Gasteiger partial charge on any atom is -0.391 e. The largest absolute Gasteiger partial charge is 0.391 e. The maximum Gasteiger partial charge on any atom is 0.239 e. The van der Waals surface area contributed by atoms with Gasteiger partial charge in [0, 0.05) is 19.3 Å². The van der Waals surface area contributed by atoms with Gasteiger partial charge in [0.25, 0.3) is 0 Å². The highest BCUT2D eigenvalue weighted by Crippen LogP contribution is 2.29. The van der Waals surface area contributed by atoms with Gasteiger partial charge in [-0.1, -0.05) is 41.4 Å². The number of sulfone groups is 1. The smallest absolute Gasteiger partial charge is 0.239 e. The standard InChI is InChI=1S/C25H31Cl2N3O6S2/c1-29(25(32)12-17-7-8-20(26)21(27)11-17)22(14-30-9-2-3-10-30)18-5-4-6-19(13-18)28-38(35,36)24-16-37(33,34)15-23(24)31/h4-8,11,13,22-24,28,31H,2-3,9-10,12,14-16H2,1H3. The van der Waals surface area contributed by atoms with Crippen molar-refractivity contribution in [1.82, 2.24) is 9.80 Å². The van der Waals surface area contributed by atoms with Crippen LogP contribution in [-0.4, -0.2) is 87.2 Å². The molecule has 0 aromatic heterocycles. The number of carbonyl (C=O) groups is 1. The number of anilines is 1. The fourth-order valence-corrected chi connectivity index (χ4v) is 9.44. The molecule has 3 atom stereocenters. The molecule has 2 aromatic carbocycles. The van der Waals surface area contributed by atoms with E-state index in [1.807, 2.05) is 6.07 Å². The highest BCUT2D eigenvalue weighted by Gasteiger charge is 2.44. The van der Waals surface area contributed by atoms with Gasteiger partial charge in [-0.3, -0.25) is 9.52 Å². The van der Waals surface area contributed by atoms with Crippen LogP contribution in [0.4, 0.5) is 5.69 Å². The van der Waals surface area contributed by atoms with Crippen molar-refractivity contribution in [2.45, 2.75) is 36.7 Å². The van der Waals surface area contributed by atoms with Crippen LogP contribution >= 0.6 is 23.2 Å². The molecule has 0 saturated carbocycles. The molecule has 1 amide bonds. The van der Waals surface area contributed by atoms with E-state index in [-0.39, 0.29) is 24.1 Å². The number of hydrogen-bond donors (Lipinski definition) is 2. The van der Waals surface area contributed by atoms with Crippen molar-refractivity contribution >= 4 is 54.7 Å². The molecule has 9 nitrogen and oxygen atoms in total. The monoisotopic (exact) mass is 603 g/mol. The maximum absolute atomic E-state index is 13.3. The van der Waals surface area contributed by atoms with Gasteiger partial charge in [0.1, 0.15) is 5.25 Å². The van der Waals surface area contributed by atoms with E-state index in [0.29, 0.717) is 16.6 Å². The molecule has 13 heteroatoms. The number of rotatable bonds is 9. The summed E-state index contributed by atoms with van der Waals surface area (Å²) in [4.78, 5) is 17.2. The van der Waals surface area contributed by atoms with Gasteiger partial charge in [0.05, 0.1) is 40.1 Å². The summed E-state index contributed by atoms with van der Waals surface area (Å²) in [5.74, 6) is -1.35. The van der Waals surface area contributed by atoms with Crippen molar-refractivity contribution in [3.63, 3.8) is 0 Å². The molecule has 2 heterocycles. The first-order valence-electron chi connectivity index (χ1n) is 12.3. The molecule has 3 unspecified atom stereocenters. The van der Waals surface area contributed by atoms with Crippen LogP contribution in [0.25, 0.3) is 0 Å². The number of likely N-dealkylation sites (N-methyl/N-ethyl adjacent to an activating group) is 1. The van der Waals surface area contributed by atoms with Gasteiger partial charge >= 0.3 is 0 Å². The van der Waals surface area contributed by atoms with E-state index in [4.69, 9.17) is 23.2 Å². The van der Waals surface area contributed by atoms with E-state index in [2.05, 4.69) is 9.62 Å². The molecule has 0 radical (unpaired) electrons. The second kappa shape index (κ2) is 11.7. The molecular formula is C25H31Cl2N3O6S2. The van der Waals surface area contributed by atoms with Gasteiger partial charge in [0.2, 0.25) is 15.9 Å². The quantitative estimate of drug-likeness (QED) is 0.451. The Labute approximate surface area is 233 Å². The molecule has 2 aliphatic heterocycles. The molecule has 0 bridgehead atoms. The number of aliphatic hydroxyl groups excluding tert-OH is 1. The zero-order chi connectivity index (χ0) is 27.7. The highest BCUT2D eigenvalue weighted by molar-refractivity contribution is 7.97. The molecule has 2 N–H and O–H groups in total. The first-order chi connectivity index (χ1) is 17.8. The second-order valence-corrected chi connectivity index (χ2v) is 14.8. The molecular weight excluding hydrogens is 573 g/mol. The number of carbonyl (C=O) groups excluding carboxylic acids is 1. The fraction of sp³-hybridized carbons (Fsp3) is 0.480. The maximum atomic E-state index is 13.3. The normalized spacial score (nSPS) is 22.3. The number of likely N-dealkylation sites (tertiary alicyclic amines) is 1. The lowest BCUT2D eigenvalue weighted by molar-refractivity contribution is -0.131. The van der Waals surface area contributed by atoms with Crippen LogP contribution in [0.3, 0.4) is 0 Å². The second-order valence-electron chi connectivity index (χ2n) is 9.91. The molecule has 2 aromatic rings. The van der Waals surface area contributed by atoms with Gasteiger partial charge in [0.15, 0.2) is 9.84 Å². The number of halogens is 2. The summed E-state index contributed by atoms with van der Waals surface area (Å²) in [6, 6.07) is 11.4. The van der Waals surface area contributed by atoms with Crippen molar-refractivity contribution in [1.29, 1.82) is 0 Å². The summed E-state index contributed by atoms with van der Waals surface area (Å²) in [5, 5.41) is 9.39. The van der Waals surface area contributed by atoms with E-state index in [9.17, 15) is 26.7 Å². The molecule has 4 rings (SSSR count). The summed E-state index contributed by atoms with van der Waals surface area (Å²) >= 11 is 12.1. The average Bonchev–Trinajstić information content (AvgIpc) is 3.46. The zero-order valence-electron chi connectivity index (χ0n) is 20.9. The lowest BCUT2D eigenvalue weighted by Crippen LogP contribution is -2.39. The van der Waals surface area contributed by atoms with Gasteiger partial charge in [-0.2, -0.15) is 0 Å². The van der Waals surface area contributed by atoms with Gasteiger partial charge in [-0.25, -0.2) is 16.8 Å². The molecule has 0 aliphatic carbocycles. The van der Waals surface area contributed by atoms with E-state index in [1.165, 1.54) is 0 Å². The Hall–Kier alpha value is -1.89. The van der Waals surface area contributed by atoms with Crippen LogP contribution in [0.5, 0.6) is 0 Å². The predicted molar refractivity (Wildman–Crippen MR) is 149 cm³/mol. The Morgan fingerprint density at radius 2 is 1.84 bits per heavy atom. The third kappa shape index (κ3) is 7.00. The lowest BCUT2D eigenvalue weighted by Gasteiger charge is -2.32. The lowest BCUT2D eigenvalue weighted by atomic mass is 10.0. The van der Waals surface area contributed by atoms with Crippen molar-refractivity contribution in [3.8, 4) is 0 Å². The number of sulfonamides is 1. The Kier molecular flexibility index (Phi) is 8.95. The van der Waals surface area contributed by atoms with Crippen LogP contribution < -0.4 is 4.72 Å². The number of nitrogens with zero attached hydrogens (tertiary/aromatic N) is 2. The summed E-state index contributed by atoms with van der Waals surface area (Å²) < 4.78 is 52.0. The topological polar surface area (TPSA) is 124 Å². The SMILES string of the molecule is CN(C(=O)Cc1ccc(Cl)c(Cl)c1)C(CN1CCCC1)c1cccc(NS(=O)(=O)C2CS(=O)(=O)CC2O)c1. The van der Waals surface area contributed by atoms with Crippen LogP contribution in [0.2, 0.25) is 10.0 Å². The number of benzene rings is 2. The van der Waals surface area contributed by atoms with E-state index >= 15 is 0 Å². The minimum absolute atomic E-state index is 0.115. The summed E-state index contributed by atoms with van der Waals surface area (Å²) in [6.07, 6.45) is 0.763. The van der Waals surface area contributed by atoms with Crippen LogP contribution in [0.1, 0.15) is 30.0 Å². The minimum atomic E-state index is -4.18. The summed E-state index contributed by atoms with van der Waals surface area (Å²) in [6.45, 7) is 2.39. The van der Waals surface area contributed by atoms with Crippen LogP contribution in [0.15, 0.2) is 42.5 Å². The summed E-state index contributed by atoms with van der Waals surface area (Å²) in [7, 11) is -6.10. The Morgan fingerprint density at radius 3 is 2.47 bits per heavy atom. The van der Waals surface area contributed by atoms with Crippen molar-refractivity contribution in [2.75, 3.05) is 42.9 Å². The first kappa shape index (κ1) is 29.1. The van der Waals surface area contributed by atoms with Crippen LogP contribution in [-0.2, 0) is 31.1 Å². The van der Waals surface area contributed by atoms with Gasteiger partial charge in [-0.05, 0) is 61.3 Å². The van der Waals surface area contributed by atoms with Crippen molar-refractivity contribution in [3.05, 3.63) is 63.6 Å². The van der Waals surface area contributed by atoms with Crippen molar-refractivity contribution in [2.24, 2.45) is 0 Å². The van der Waals surface area contributed by atoms with Gasteiger partial charge < -0.3 is 14.9 Å². The Balaban J connectivity index is 1.57. The molecule has 2 fully saturated rings. The Morgan fingerprint density at radius 1 is 1.13 bits per heavy atom. The van der Waals surface area contributed by atoms with E-state index in [1.54, 1.807) is 48.3 Å². The highest BCUT2D eigenvalue weighted by atomic mass is 35.5. The van der Waals surface area contributed by atoms with E-state index in [0.717, 1.165) is 37.1 Å². The van der Waals surface area contributed by atoms with Crippen molar-refractivity contribution < 1.29 is 26.7 Å². The van der Waals surface area contributed by atoms with Crippen LogP contribution in [0, 0.1) is 0 Å².